The Labute approximate surface area is 99.3 Å². The van der Waals surface area contributed by atoms with Gasteiger partial charge >= 0.3 is 5.97 Å². The maximum atomic E-state index is 12.0. The molecule has 0 aromatic carbocycles. The van der Waals surface area contributed by atoms with Crippen LogP contribution < -0.4 is 10.9 Å². The number of aromatic nitrogens is 2. The van der Waals surface area contributed by atoms with Gasteiger partial charge in [0.2, 0.25) is 0 Å². The molecule has 0 saturated carbocycles. The molecular weight excluding hydrogens is 222 g/mol. The van der Waals surface area contributed by atoms with E-state index in [1.165, 1.54) is 17.7 Å². The van der Waals surface area contributed by atoms with Crippen molar-refractivity contribution < 1.29 is 9.90 Å². The third-order valence-electron chi connectivity index (χ3n) is 2.29. The molecule has 0 amide bonds. The molecule has 1 aromatic rings. The fourth-order valence-electron chi connectivity index (χ4n) is 1.31. The third-order valence-corrected chi connectivity index (χ3v) is 2.29. The van der Waals surface area contributed by atoms with E-state index in [4.69, 9.17) is 5.11 Å². The summed E-state index contributed by atoms with van der Waals surface area (Å²) >= 11 is 0. The summed E-state index contributed by atoms with van der Waals surface area (Å²) in [6, 6.07) is -0.856. The summed E-state index contributed by atoms with van der Waals surface area (Å²) in [6.45, 7) is 7.12. The number of nitrogens with one attached hydrogen (secondary N) is 1. The second-order valence-electron chi connectivity index (χ2n) is 4.83. The quantitative estimate of drug-likeness (QED) is 0.818. The van der Waals surface area contributed by atoms with Crippen LogP contribution in [0.3, 0.4) is 0 Å². The lowest BCUT2D eigenvalue weighted by atomic mass is 10.1. The van der Waals surface area contributed by atoms with Gasteiger partial charge in [-0.25, -0.2) is 4.98 Å². The summed E-state index contributed by atoms with van der Waals surface area (Å²) in [6.07, 6.45) is 3.06. The van der Waals surface area contributed by atoms with E-state index >= 15 is 0 Å². The minimum Gasteiger partial charge on any atom is -0.480 e. The van der Waals surface area contributed by atoms with Gasteiger partial charge in [0, 0.05) is 17.9 Å². The van der Waals surface area contributed by atoms with Gasteiger partial charge in [0.1, 0.15) is 6.04 Å². The van der Waals surface area contributed by atoms with E-state index in [9.17, 15) is 9.59 Å². The van der Waals surface area contributed by atoms with Crippen LogP contribution in [0, 0.1) is 0 Å². The molecule has 17 heavy (non-hydrogen) atoms. The predicted molar refractivity (Wildman–Crippen MR) is 64.2 cm³/mol. The van der Waals surface area contributed by atoms with Crippen LogP contribution in [0.5, 0.6) is 0 Å². The van der Waals surface area contributed by atoms with Gasteiger partial charge < -0.3 is 15.0 Å². The molecule has 1 heterocycles. The van der Waals surface area contributed by atoms with E-state index in [0.29, 0.717) is 0 Å². The molecule has 0 aliphatic carbocycles. The first-order chi connectivity index (χ1) is 7.73. The molecule has 94 valence electrons. The van der Waals surface area contributed by atoms with Crippen LogP contribution >= 0.6 is 0 Å². The first-order valence-corrected chi connectivity index (χ1v) is 5.31. The number of carboxylic acids is 1. The van der Waals surface area contributed by atoms with Gasteiger partial charge in [0.25, 0.3) is 5.56 Å². The van der Waals surface area contributed by atoms with Crippen LogP contribution in [0.15, 0.2) is 17.2 Å². The molecule has 0 aliphatic rings. The molecule has 2 N–H and O–H groups in total. The Hall–Kier alpha value is -1.85. The number of aliphatic carboxylic acids is 1. The zero-order valence-electron chi connectivity index (χ0n) is 10.4. The molecule has 0 bridgehead atoms. The van der Waals surface area contributed by atoms with Gasteiger partial charge in [-0.15, -0.1) is 0 Å². The lowest BCUT2D eigenvalue weighted by molar-refractivity contribution is -0.137. The van der Waals surface area contributed by atoms with E-state index in [1.54, 1.807) is 6.20 Å². The van der Waals surface area contributed by atoms with Crippen molar-refractivity contribution in [2.24, 2.45) is 0 Å². The number of anilines is 1. The largest absolute Gasteiger partial charge is 0.480 e. The average Bonchev–Trinajstić information content (AvgIpc) is 2.19. The number of rotatable bonds is 3. The maximum absolute atomic E-state index is 12.0. The number of nitrogens with zero attached hydrogens (tertiary/aromatic N) is 2. The highest BCUT2D eigenvalue weighted by Gasteiger charge is 2.18. The Morgan fingerprint density at radius 2 is 2.12 bits per heavy atom. The fraction of sp³-hybridized carbons (Fsp3) is 0.545. The van der Waals surface area contributed by atoms with Crippen LogP contribution in [-0.2, 0) is 10.3 Å². The molecule has 1 aromatic heterocycles. The third kappa shape index (κ3) is 3.05. The van der Waals surface area contributed by atoms with Gasteiger partial charge in [0.05, 0.1) is 0 Å². The van der Waals surface area contributed by atoms with Crippen molar-refractivity contribution in [2.75, 3.05) is 5.32 Å². The molecule has 6 heteroatoms. The summed E-state index contributed by atoms with van der Waals surface area (Å²) in [5.74, 6) is -0.977. The smallest absolute Gasteiger partial charge is 0.325 e. The van der Waals surface area contributed by atoms with E-state index in [-0.39, 0.29) is 16.9 Å². The summed E-state index contributed by atoms with van der Waals surface area (Å²) in [7, 11) is 0. The fourth-order valence-corrected chi connectivity index (χ4v) is 1.31. The Balaban J connectivity index is 3.12. The standard InChI is InChI=1S/C11H17N3O3/c1-7(10(16)17)13-8-9(15)14(6-5-12-8)11(2,3)4/h5-7H,1-4H3,(H,12,13)(H,16,17). The Morgan fingerprint density at radius 1 is 1.53 bits per heavy atom. The minimum absolute atomic E-state index is 0.0531. The van der Waals surface area contributed by atoms with Crippen molar-refractivity contribution in [3.05, 3.63) is 22.7 Å². The molecule has 1 unspecified atom stereocenters. The molecular formula is C11H17N3O3. The van der Waals surface area contributed by atoms with E-state index in [2.05, 4.69) is 10.3 Å². The zero-order chi connectivity index (χ0) is 13.2. The first kappa shape index (κ1) is 13.2. The van der Waals surface area contributed by atoms with Gasteiger partial charge in [-0.3, -0.25) is 9.59 Å². The van der Waals surface area contributed by atoms with Gasteiger partial charge in [-0.1, -0.05) is 0 Å². The van der Waals surface area contributed by atoms with Crippen molar-refractivity contribution >= 4 is 11.8 Å². The molecule has 0 aliphatic heterocycles. The summed E-state index contributed by atoms with van der Waals surface area (Å²) in [5.41, 5.74) is -0.698. The number of hydrogen-bond donors (Lipinski definition) is 2. The highest BCUT2D eigenvalue weighted by atomic mass is 16.4. The summed E-state index contributed by atoms with van der Waals surface area (Å²) in [5, 5.41) is 11.3. The summed E-state index contributed by atoms with van der Waals surface area (Å²) in [4.78, 5) is 26.6. The van der Waals surface area contributed by atoms with Crippen LogP contribution in [-0.4, -0.2) is 26.7 Å². The van der Waals surface area contributed by atoms with Gasteiger partial charge in [-0.2, -0.15) is 0 Å². The highest BCUT2D eigenvalue weighted by molar-refractivity contribution is 5.76. The second kappa shape index (κ2) is 4.57. The van der Waals surface area contributed by atoms with Crippen LogP contribution in [0.25, 0.3) is 0 Å². The van der Waals surface area contributed by atoms with Crippen LogP contribution in [0.1, 0.15) is 27.7 Å². The SMILES string of the molecule is CC(Nc1nccn(C(C)(C)C)c1=O)C(=O)O. The van der Waals surface area contributed by atoms with E-state index in [1.807, 2.05) is 20.8 Å². The Morgan fingerprint density at radius 3 is 2.59 bits per heavy atom. The monoisotopic (exact) mass is 239 g/mol. The van der Waals surface area contributed by atoms with E-state index < -0.39 is 12.0 Å². The minimum atomic E-state index is -1.03. The Bertz CT molecular complexity index is 474. The molecule has 1 rings (SSSR count). The van der Waals surface area contributed by atoms with Gasteiger partial charge in [0.15, 0.2) is 5.82 Å². The zero-order valence-corrected chi connectivity index (χ0v) is 10.4. The maximum Gasteiger partial charge on any atom is 0.325 e. The normalized spacial score (nSPS) is 13.2. The van der Waals surface area contributed by atoms with Crippen molar-refractivity contribution in [3.8, 4) is 0 Å². The highest BCUT2D eigenvalue weighted by Crippen LogP contribution is 2.10. The van der Waals surface area contributed by atoms with Gasteiger partial charge in [-0.05, 0) is 27.7 Å². The van der Waals surface area contributed by atoms with E-state index in [0.717, 1.165) is 0 Å². The number of hydrogen-bond acceptors (Lipinski definition) is 4. The molecule has 0 radical (unpaired) electrons. The molecule has 0 spiro atoms. The lowest BCUT2D eigenvalue weighted by Crippen LogP contribution is -2.37. The molecule has 1 atom stereocenters. The number of carbonyl (C=O) groups is 1. The van der Waals surface area contributed by atoms with Crippen LogP contribution in [0.4, 0.5) is 5.82 Å². The Kier molecular flexibility index (Phi) is 3.55. The lowest BCUT2D eigenvalue weighted by Gasteiger charge is -2.22. The summed E-state index contributed by atoms with van der Waals surface area (Å²) < 4.78 is 1.51. The average molecular weight is 239 g/mol. The molecule has 0 fully saturated rings. The van der Waals surface area contributed by atoms with Crippen molar-refractivity contribution in [1.29, 1.82) is 0 Å². The topological polar surface area (TPSA) is 84.2 Å². The van der Waals surface area contributed by atoms with Crippen molar-refractivity contribution in [2.45, 2.75) is 39.3 Å². The predicted octanol–water partition coefficient (Wildman–Crippen LogP) is 0.883. The van der Waals surface area contributed by atoms with Crippen molar-refractivity contribution in [1.82, 2.24) is 9.55 Å². The molecule has 6 nitrogen and oxygen atoms in total. The number of carboxylic acid groups (broad SMARTS) is 1. The second-order valence-corrected chi connectivity index (χ2v) is 4.83. The molecule has 0 saturated heterocycles. The van der Waals surface area contributed by atoms with Crippen LogP contribution in [0.2, 0.25) is 0 Å². The van der Waals surface area contributed by atoms with Crippen molar-refractivity contribution in [3.63, 3.8) is 0 Å². The first-order valence-electron chi connectivity index (χ1n) is 5.31.